The molecule has 0 aliphatic heterocycles. The third kappa shape index (κ3) is 61.8. The Kier molecular flexibility index (Phi) is 119. The van der Waals surface area contributed by atoms with E-state index in [4.69, 9.17) is 5.11 Å². The molecule has 2 saturated carbocycles. The van der Waals surface area contributed by atoms with Gasteiger partial charge in [0.1, 0.15) is 0 Å². The van der Waals surface area contributed by atoms with Crippen LogP contribution in [0.2, 0.25) is 0 Å². The minimum Gasteiger partial charge on any atom is -0.366 e. The summed E-state index contributed by atoms with van der Waals surface area (Å²) in [5.41, 5.74) is 0. The molecule has 1 nitrogen and oxygen atoms in total. The molecule has 1 N–H and O–H groups in total. The van der Waals surface area contributed by atoms with E-state index in [0.29, 0.717) is 0 Å². The van der Waals surface area contributed by atoms with Gasteiger partial charge in [0.2, 0.25) is 0 Å². The van der Waals surface area contributed by atoms with Gasteiger partial charge in [-0.3, -0.25) is 0 Å². The first-order valence-electron chi connectivity index (χ1n) is 7.40. The maximum Gasteiger partial charge on any atom is 2.00 e. The number of aliphatic hydroxyl groups is 1. The first kappa shape index (κ1) is 43.3. The molecule has 0 atom stereocenters. The van der Waals surface area contributed by atoms with Crippen LogP contribution < -0.4 is 0 Å². The van der Waals surface area contributed by atoms with Crippen LogP contribution in [0.3, 0.4) is 0 Å². The number of rotatable bonds is 0. The maximum absolute atomic E-state index is 9.85. The van der Waals surface area contributed by atoms with Crippen molar-refractivity contribution in [2.75, 3.05) is 6.86 Å². The second-order valence-corrected chi connectivity index (χ2v) is 3.46. The third-order valence-electron chi connectivity index (χ3n) is 2.32. The summed E-state index contributed by atoms with van der Waals surface area (Å²) >= 11 is 0. The minimum absolute atomic E-state index is 0. The summed E-state index contributed by atoms with van der Waals surface area (Å²) < 4.78 is 9.85. The molecule has 133 valence electrons. The van der Waals surface area contributed by atoms with Crippen molar-refractivity contribution in [3.05, 3.63) is 21.3 Å². The third-order valence-corrected chi connectivity index (χ3v) is 2.32. The Morgan fingerprint density at radius 2 is 0.952 bits per heavy atom. The van der Waals surface area contributed by atoms with Crippen molar-refractivity contribution in [3.8, 4) is 0 Å². The molecular weight excluding hydrogens is 384 g/mol. The van der Waals surface area contributed by atoms with Gasteiger partial charge in [-0.25, -0.2) is 4.39 Å². The van der Waals surface area contributed by atoms with E-state index in [1.807, 2.05) is 27.7 Å². The van der Waals surface area contributed by atoms with Crippen LogP contribution in [0.1, 0.15) is 85.5 Å². The molecule has 1 radical (unpaired) electrons. The molecule has 0 unspecified atom stereocenters. The van der Waals surface area contributed by atoms with Crippen LogP contribution in [-0.2, 0) is 49.8 Å². The Labute approximate surface area is 172 Å². The summed E-state index contributed by atoms with van der Waals surface area (Å²) in [6, 6.07) is 0. The summed E-state index contributed by atoms with van der Waals surface area (Å²) in [4.78, 5) is 0. The standard InChI is InChI=1S/C5H10.C5H9.2C2H6.CH3FO.2CH3.Fe.Y/c2*1-2-4-5-3-1;2*1-2;2-1-3;;;;/h1-5H2;1H,2-5H2;2*1-2H3;3H,1H2;2*1H3;;/q;-1;;;;2*-1;+2;. The van der Waals surface area contributed by atoms with E-state index in [-0.39, 0.29) is 64.6 Å². The molecule has 2 rings (SSSR count). The van der Waals surface area contributed by atoms with Crippen molar-refractivity contribution in [2.24, 2.45) is 0 Å². The van der Waals surface area contributed by atoms with Crippen LogP contribution >= 0.6 is 0 Å². The van der Waals surface area contributed by atoms with Gasteiger partial charge in [0, 0.05) is 32.7 Å². The van der Waals surface area contributed by atoms with Gasteiger partial charge in [-0.1, -0.05) is 72.6 Å². The van der Waals surface area contributed by atoms with Gasteiger partial charge < -0.3 is 26.4 Å². The average Bonchev–Trinajstić information content (AvgIpc) is 3.13. The average molecular weight is 424 g/mol. The molecule has 0 aromatic heterocycles. The zero-order valence-electron chi connectivity index (χ0n) is 15.4. The van der Waals surface area contributed by atoms with E-state index in [2.05, 4.69) is 6.42 Å². The fourth-order valence-corrected chi connectivity index (χ4v) is 1.61. The van der Waals surface area contributed by atoms with Crippen LogP contribution in [0.5, 0.6) is 0 Å². The van der Waals surface area contributed by atoms with E-state index in [9.17, 15) is 4.39 Å². The van der Waals surface area contributed by atoms with Crippen LogP contribution in [0.25, 0.3) is 0 Å². The normalized spacial score (nSPS) is 12.9. The molecule has 0 aromatic carbocycles. The van der Waals surface area contributed by atoms with Crippen LogP contribution in [0.15, 0.2) is 0 Å². The zero-order valence-corrected chi connectivity index (χ0v) is 19.3. The molecule has 0 aromatic rings. The predicted octanol–water partition coefficient (Wildman–Crippen LogP) is 6.57. The van der Waals surface area contributed by atoms with Crippen molar-refractivity contribution in [1.29, 1.82) is 0 Å². The summed E-state index contributed by atoms with van der Waals surface area (Å²) in [6.07, 6.45) is 15.5. The molecule has 2 fully saturated rings. The number of aliphatic hydroxyl groups excluding tert-OH is 1. The second kappa shape index (κ2) is 57.8. The van der Waals surface area contributed by atoms with Crippen LogP contribution in [0, 0.1) is 21.3 Å². The summed E-state index contributed by atoms with van der Waals surface area (Å²) in [5.74, 6) is 0. The number of halogens is 1. The number of alkyl halides is 1. The van der Waals surface area contributed by atoms with E-state index in [1.54, 1.807) is 0 Å². The molecule has 2 aliphatic carbocycles. The maximum atomic E-state index is 9.85. The van der Waals surface area contributed by atoms with Gasteiger partial charge in [0.25, 0.3) is 0 Å². The molecule has 0 spiro atoms. The SMILES string of the molecule is C1CCCC1.CC.CC.OCF.[CH-]1CCCC1.[CH3-].[CH3-].[Fe+2].[Y]. The topological polar surface area (TPSA) is 20.2 Å². The van der Waals surface area contributed by atoms with E-state index >= 15 is 0 Å². The molecule has 0 bridgehead atoms. The van der Waals surface area contributed by atoms with Gasteiger partial charge in [-0.2, -0.15) is 12.8 Å². The quantitative estimate of drug-likeness (QED) is 0.345. The molecule has 0 saturated heterocycles. The molecule has 0 amide bonds. The largest absolute Gasteiger partial charge is 2.00 e. The molecule has 2 aliphatic rings. The van der Waals surface area contributed by atoms with E-state index in [1.165, 1.54) is 57.8 Å². The van der Waals surface area contributed by atoms with Crippen LogP contribution in [-0.4, -0.2) is 12.0 Å². The smallest absolute Gasteiger partial charge is 0.366 e. The molecular formula is C17H40FFeOY-. The van der Waals surface area contributed by atoms with Crippen molar-refractivity contribution in [3.63, 3.8) is 0 Å². The van der Waals surface area contributed by atoms with E-state index < -0.39 is 6.86 Å². The van der Waals surface area contributed by atoms with Gasteiger partial charge >= 0.3 is 17.1 Å². The Hall–Kier alpha value is 1.51. The first-order valence-corrected chi connectivity index (χ1v) is 7.40. The van der Waals surface area contributed by atoms with Gasteiger partial charge in [-0.15, -0.1) is 0 Å². The summed E-state index contributed by atoms with van der Waals surface area (Å²) in [7, 11) is 0. The Morgan fingerprint density at radius 1 is 0.762 bits per heavy atom. The number of hydrogen-bond acceptors (Lipinski definition) is 1. The Bertz CT molecular complexity index is 65.6. The minimum atomic E-state index is -1.25. The second-order valence-electron chi connectivity index (χ2n) is 3.46. The van der Waals surface area contributed by atoms with Crippen molar-refractivity contribution in [1.82, 2.24) is 0 Å². The molecule has 4 heteroatoms. The van der Waals surface area contributed by atoms with Crippen molar-refractivity contribution >= 4 is 0 Å². The van der Waals surface area contributed by atoms with E-state index in [0.717, 1.165) is 0 Å². The summed E-state index contributed by atoms with van der Waals surface area (Å²) in [6.45, 7) is 6.75. The zero-order chi connectivity index (χ0) is 13.8. The van der Waals surface area contributed by atoms with Crippen molar-refractivity contribution < 1.29 is 59.3 Å². The van der Waals surface area contributed by atoms with Crippen LogP contribution in [0.4, 0.5) is 4.39 Å². The fourth-order valence-electron chi connectivity index (χ4n) is 1.61. The first-order chi connectivity index (χ1) is 8.41. The van der Waals surface area contributed by atoms with Gasteiger partial charge in [0.05, 0.1) is 0 Å². The molecule has 21 heavy (non-hydrogen) atoms. The summed E-state index contributed by atoms with van der Waals surface area (Å²) in [5, 5.41) is 6.90. The Balaban J connectivity index is -0.0000000236. The number of hydrogen-bond donors (Lipinski definition) is 1. The monoisotopic (exact) mass is 424 g/mol. The predicted molar refractivity (Wildman–Crippen MR) is 89.6 cm³/mol. The van der Waals surface area contributed by atoms with Crippen molar-refractivity contribution in [2.45, 2.75) is 85.5 Å². The van der Waals surface area contributed by atoms with Gasteiger partial charge in [-0.05, 0) is 0 Å². The Morgan fingerprint density at radius 3 is 1.05 bits per heavy atom. The van der Waals surface area contributed by atoms with Gasteiger partial charge in [0.15, 0.2) is 6.86 Å². The molecule has 0 heterocycles. The fraction of sp³-hybridized carbons (Fsp3) is 0.824.